The molecule has 2 fully saturated rings. The van der Waals surface area contributed by atoms with Crippen molar-refractivity contribution in [1.29, 1.82) is 0 Å². The van der Waals surface area contributed by atoms with E-state index in [0.717, 1.165) is 29.9 Å². The van der Waals surface area contributed by atoms with Crippen molar-refractivity contribution in [1.82, 2.24) is 24.6 Å². The van der Waals surface area contributed by atoms with Crippen molar-refractivity contribution in [2.24, 2.45) is 13.0 Å². The summed E-state index contributed by atoms with van der Waals surface area (Å²) in [4.78, 5) is 5.25. The van der Waals surface area contributed by atoms with E-state index in [9.17, 15) is 17.6 Å². The Morgan fingerprint density at radius 2 is 1.85 bits per heavy atom. The number of halogens is 4. The van der Waals surface area contributed by atoms with Crippen molar-refractivity contribution in [3.05, 3.63) is 89.7 Å². The van der Waals surface area contributed by atoms with E-state index in [-0.39, 0.29) is 11.1 Å². The maximum Gasteiger partial charge on any atom is 0.418 e. The second-order valence-corrected chi connectivity index (χ2v) is 11.3. The van der Waals surface area contributed by atoms with Crippen molar-refractivity contribution < 1.29 is 17.6 Å². The van der Waals surface area contributed by atoms with Crippen LogP contribution in [0.5, 0.6) is 0 Å². The number of nitrogens with zero attached hydrogens (tertiary/aromatic N) is 6. The molecule has 6 rings (SSSR count). The van der Waals surface area contributed by atoms with Gasteiger partial charge in [-0.05, 0) is 60.9 Å². The fourth-order valence-electron chi connectivity index (χ4n) is 6.52. The van der Waals surface area contributed by atoms with Crippen LogP contribution in [0.15, 0.2) is 78.3 Å². The minimum atomic E-state index is -4.54. The molecule has 0 N–H and O–H groups in total. The first-order valence-corrected chi connectivity index (χ1v) is 13.4. The van der Waals surface area contributed by atoms with Gasteiger partial charge in [-0.2, -0.15) is 13.2 Å². The summed E-state index contributed by atoms with van der Waals surface area (Å²) in [5, 5.41) is 8.51. The molecule has 39 heavy (non-hydrogen) atoms. The average molecular weight is 541 g/mol. The largest absolute Gasteiger partial charge is 0.418 e. The number of hydrogen-bond acceptors (Lipinski definition) is 5. The number of benzene rings is 1. The molecule has 0 unspecified atom stereocenters. The van der Waals surface area contributed by atoms with Crippen LogP contribution in [0.25, 0.3) is 0 Å². The standard InChI is InChI=1S/C29H32F4N6/c1-19-13-28(14-19,27-35-34-18-36(27)3)22-5-4-6-24(12-22)38-17-26-25(29(31,32)33)11-21(16-39(26)20(38)2)15-37-9-7-23(30)8-10-37/h4-6,11-12,16-19,23H,2,7-10,13-15H2,1,3H3. The molecule has 206 valence electrons. The summed E-state index contributed by atoms with van der Waals surface area (Å²) in [5.41, 5.74) is 1.37. The van der Waals surface area contributed by atoms with Crippen LogP contribution in [0, 0.1) is 5.92 Å². The average Bonchev–Trinajstić information content (AvgIpc) is 3.45. The monoisotopic (exact) mass is 540 g/mol. The lowest BCUT2D eigenvalue weighted by molar-refractivity contribution is -0.0909. The first-order valence-electron chi connectivity index (χ1n) is 13.4. The van der Waals surface area contributed by atoms with Crippen LogP contribution in [0.1, 0.15) is 44.0 Å². The Labute approximate surface area is 225 Å². The third kappa shape index (κ3) is 4.48. The van der Waals surface area contributed by atoms with Gasteiger partial charge in [0.1, 0.15) is 24.1 Å². The van der Waals surface area contributed by atoms with Gasteiger partial charge in [0.05, 0.1) is 16.7 Å². The number of allylic oxidation sites excluding steroid dienone is 1. The van der Waals surface area contributed by atoms with Gasteiger partial charge < -0.3 is 14.4 Å². The van der Waals surface area contributed by atoms with Crippen LogP contribution in [-0.2, 0) is 12.5 Å². The van der Waals surface area contributed by atoms with Gasteiger partial charge in [0.2, 0.25) is 0 Å². The smallest absolute Gasteiger partial charge is 0.320 e. The van der Waals surface area contributed by atoms with Crippen molar-refractivity contribution >= 4 is 5.69 Å². The molecule has 1 saturated heterocycles. The number of aryl methyl sites for hydroxylation is 1. The molecule has 0 spiro atoms. The quantitative estimate of drug-likeness (QED) is 0.450. The minimum absolute atomic E-state index is 0.0457. The van der Waals surface area contributed by atoms with Crippen LogP contribution in [0.3, 0.4) is 0 Å². The van der Waals surface area contributed by atoms with Gasteiger partial charge in [-0.25, -0.2) is 4.39 Å². The molecule has 10 heteroatoms. The number of alkyl halides is 4. The molecule has 0 bridgehead atoms. The SMILES string of the molecule is C=C1N2C=C(CN3CCC(F)CC3)C=C(C(F)(F)F)C2=CN1c1cccc(C2(c3nncn3C)CC(C)C2)c1. The molecular weight excluding hydrogens is 508 g/mol. The number of fused-ring (bicyclic) bond motifs is 1. The molecule has 1 saturated carbocycles. The summed E-state index contributed by atoms with van der Waals surface area (Å²) < 4.78 is 58.3. The van der Waals surface area contributed by atoms with E-state index in [1.165, 1.54) is 17.2 Å². The third-order valence-electron chi connectivity index (χ3n) is 8.41. The molecule has 0 amide bonds. The number of rotatable bonds is 5. The molecule has 4 aliphatic rings. The minimum Gasteiger partial charge on any atom is -0.320 e. The molecule has 6 nitrogen and oxygen atoms in total. The molecule has 4 heterocycles. The van der Waals surface area contributed by atoms with E-state index in [0.29, 0.717) is 49.8 Å². The topological polar surface area (TPSA) is 40.4 Å². The summed E-state index contributed by atoms with van der Waals surface area (Å²) in [6.45, 7) is 7.77. The summed E-state index contributed by atoms with van der Waals surface area (Å²) >= 11 is 0. The predicted molar refractivity (Wildman–Crippen MR) is 141 cm³/mol. The highest BCUT2D eigenvalue weighted by Crippen LogP contribution is 2.52. The summed E-state index contributed by atoms with van der Waals surface area (Å²) in [5.74, 6) is 1.84. The Morgan fingerprint density at radius 1 is 1.10 bits per heavy atom. The number of likely N-dealkylation sites (tertiary alicyclic amines) is 1. The normalized spacial score (nSPS) is 26.3. The number of aromatic nitrogens is 3. The second-order valence-electron chi connectivity index (χ2n) is 11.3. The van der Waals surface area contributed by atoms with E-state index >= 15 is 0 Å². The maximum absolute atomic E-state index is 14.3. The van der Waals surface area contributed by atoms with E-state index < -0.39 is 17.9 Å². The Morgan fingerprint density at radius 3 is 2.49 bits per heavy atom. The Bertz CT molecular complexity index is 1370. The highest BCUT2D eigenvalue weighted by Gasteiger charge is 2.48. The van der Waals surface area contributed by atoms with Gasteiger partial charge in [-0.1, -0.05) is 25.6 Å². The highest BCUT2D eigenvalue weighted by atomic mass is 19.4. The van der Waals surface area contributed by atoms with Crippen molar-refractivity contribution in [2.75, 3.05) is 24.5 Å². The summed E-state index contributed by atoms with van der Waals surface area (Å²) in [7, 11) is 1.93. The first-order chi connectivity index (χ1) is 18.5. The third-order valence-corrected chi connectivity index (χ3v) is 8.41. The molecule has 1 aromatic carbocycles. The van der Waals surface area contributed by atoms with Crippen LogP contribution in [0.2, 0.25) is 0 Å². The van der Waals surface area contributed by atoms with E-state index in [4.69, 9.17) is 0 Å². The predicted octanol–water partition coefficient (Wildman–Crippen LogP) is 5.79. The zero-order chi connectivity index (χ0) is 27.5. The summed E-state index contributed by atoms with van der Waals surface area (Å²) in [6.07, 6.45) is 3.44. The molecule has 2 aromatic rings. The molecule has 3 aliphatic heterocycles. The second kappa shape index (κ2) is 9.36. The van der Waals surface area contributed by atoms with Crippen LogP contribution in [-0.4, -0.2) is 56.5 Å². The van der Waals surface area contributed by atoms with E-state index in [2.05, 4.69) is 29.8 Å². The number of piperidine rings is 1. The molecular formula is C29H32F4N6. The Balaban J connectivity index is 1.33. The maximum atomic E-state index is 14.3. The van der Waals surface area contributed by atoms with Gasteiger partial charge in [-0.3, -0.25) is 4.90 Å². The lowest BCUT2D eigenvalue weighted by atomic mass is 9.58. The fraction of sp³-hybridized carbons (Fsp3) is 0.448. The Hall–Kier alpha value is -3.40. The first kappa shape index (κ1) is 25.9. The van der Waals surface area contributed by atoms with Crippen LogP contribution < -0.4 is 4.90 Å². The lowest BCUT2D eigenvalue weighted by Crippen LogP contribution is -2.43. The number of hydrogen-bond donors (Lipinski definition) is 0. The van der Waals surface area contributed by atoms with Crippen LogP contribution in [0.4, 0.5) is 23.2 Å². The van der Waals surface area contributed by atoms with Gasteiger partial charge in [0.15, 0.2) is 0 Å². The zero-order valence-electron chi connectivity index (χ0n) is 22.1. The Kier molecular flexibility index (Phi) is 6.21. The highest BCUT2D eigenvalue weighted by molar-refractivity contribution is 5.65. The van der Waals surface area contributed by atoms with Crippen molar-refractivity contribution in [3.8, 4) is 0 Å². The van der Waals surface area contributed by atoms with Gasteiger partial charge in [0.25, 0.3) is 0 Å². The van der Waals surface area contributed by atoms with Gasteiger partial charge in [0, 0.05) is 44.8 Å². The van der Waals surface area contributed by atoms with Gasteiger partial charge in [-0.15, -0.1) is 10.2 Å². The zero-order valence-corrected chi connectivity index (χ0v) is 22.1. The van der Waals surface area contributed by atoms with E-state index in [1.807, 2.05) is 34.7 Å². The summed E-state index contributed by atoms with van der Waals surface area (Å²) in [6, 6.07) is 7.91. The number of anilines is 1. The molecule has 1 aliphatic carbocycles. The molecule has 1 aromatic heterocycles. The van der Waals surface area contributed by atoms with Crippen LogP contribution >= 0.6 is 0 Å². The van der Waals surface area contributed by atoms with E-state index in [1.54, 1.807) is 17.4 Å². The molecule has 0 atom stereocenters. The van der Waals surface area contributed by atoms with Gasteiger partial charge >= 0.3 is 6.18 Å². The lowest BCUT2D eigenvalue weighted by Gasteiger charge is -2.46. The van der Waals surface area contributed by atoms with Crippen molar-refractivity contribution in [2.45, 2.75) is 50.4 Å². The fourth-order valence-corrected chi connectivity index (χ4v) is 6.52. The molecule has 0 radical (unpaired) electrons. The van der Waals surface area contributed by atoms with Crippen molar-refractivity contribution in [3.63, 3.8) is 0 Å².